The Kier molecular flexibility index (Phi) is 31.4. The Morgan fingerprint density at radius 2 is 1.45 bits per heavy atom. The molecule has 2 aromatic rings. The third-order valence-corrected chi connectivity index (χ3v) is 17.1. The van der Waals surface area contributed by atoms with Gasteiger partial charge in [-0.05, 0) is 93.4 Å². The number of hydrogen-bond acceptors (Lipinski definition) is 15. The number of imide groups is 1. The van der Waals surface area contributed by atoms with Gasteiger partial charge in [0.25, 0.3) is 17.7 Å². The number of nitrogens with two attached hydrogens (primary N) is 1. The van der Waals surface area contributed by atoms with Gasteiger partial charge in [0.2, 0.25) is 35.4 Å². The molecule has 2 heterocycles. The number of anilines is 1. The van der Waals surface area contributed by atoms with Crippen molar-refractivity contribution >= 4 is 83.2 Å². The van der Waals surface area contributed by atoms with E-state index in [0.717, 1.165) is 10.5 Å². The van der Waals surface area contributed by atoms with E-state index in [-0.39, 0.29) is 93.2 Å². The fourth-order valence-electron chi connectivity index (χ4n) is 11.3. The number of aliphatic carboxylic acids is 1. The van der Waals surface area contributed by atoms with Gasteiger partial charge in [-0.15, -0.1) is 0 Å². The minimum atomic E-state index is -1.61. The maximum absolute atomic E-state index is 14.6. The van der Waals surface area contributed by atoms with Gasteiger partial charge >= 0.3 is 18.1 Å². The monoisotopic (exact) mass is 1310 g/mol. The first-order chi connectivity index (χ1) is 44.4. The summed E-state index contributed by atoms with van der Waals surface area (Å²) in [5, 5.41) is 25.9. The van der Waals surface area contributed by atoms with Crippen molar-refractivity contribution in [1.82, 2.24) is 41.3 Å². The van der Waals surface area contributed by atoms with Crippen LogP contribution >= 0.6 is 0 Å². The van der Waals surface area contributed by atoms with Gasteiger partial charge in [-0.25, -0.2) is 19.4 Å². The van der Waals surface area contributed by atoms with E-state index >= 15 is 0 Å². The third-order valence-electron chi connectivity index (χ3n) is 17.1. The maximum Gasteiger partial charge on any atom is 0.408 e. The number of likely N-dealkylation sites (tertiary alicyclic amines) is 1. The van der Waals surface area contributed by atoms with Crippen molar-refractivity contribution < 1.29 is 76.9 Å². The average Bonchev–Trinajstić information content (AvgIpc) is 1.37. The number of carboxylic acids is 1. The number of primary amides is 1. The number of ether oxygens (including phenoxy) is 3. The first-order valence-electron chi connectivity index (χ1n) is 32.2. The number of hydrogen-bond donors (Lipinski definition) is 8. The van der Waals surface area contributed by atoms with Crippen LogP contribution in [0.25, 0.3) is 0 Å². The van der Waals surface area contributed by atoms with E-state index in [1.165, 1.54) is 51.3 Å². The molecule has 10 atom stereocenters. The van der Waals surface area contributed by atoms with Crippen LogP contribution in [0, 0.1) is 29.6 Å². The first kappa shape index (κ1) is 77.9. The number of amides is 12. The third kappa shape index (κ3) is 23.8. The van der Waals surface area contributed by atoms with E-state index in [9.17, 15) is 62.6 Å². The number of urea groups is 1. The molecule has 12 amide bonds. The lowest BCUT2D eigenvalue weighted by atomic mass is 9.88. The molecule has 1 fully saturated rings. The van der Waals surface area contributed by atoms with Crippen molar-refractivity contribution in [3.63, 3.8) is 0 Å². The highest BCUT2D eigenvalue weighted by molar-refractivity contribution is 6.13. The molecule has 2 aliphatic heterocycles. The van der Waals surface area contributed by atoms with Crippen LogP contribution < -0.4 is 37.6 Å². The molecule has 0 aliphatic carbocycles. The molecule has 27 heteroatoms. The Hall–Kier alpha value is -8.59. The number of methoxy groups -OCH3 is 2. The van der Waals surface area contributed by atoms with E-state index in [4.69, 9.17) is 19.9 Å². The molecule has 9 N–H and O–H groups in total. The highest BCUT2D eigenvalue weighted by Gasteiger charge is 2.44. The summed E-state index contributed by atoms with van der Waals surface area (Å²) >= 11 is 0. The van der Waals surface area contributed by atoms with Gasteiger partial charge in [-0.3, -0.25) is 48.1 Å². The predicted octanol–water partition coefficient (Wildman–Crippen LogP) is 4.79. The molecule has 2 unspecified atom stereocenters. The lowest BCUT2D eigenvalue weighted by molar-refractivity contribution is -0.147. The van der Waals surface area contributed by atoms with E-state index in [0.29, 0.717) is 56.3 Å². The fraction of sp³-hybridized carbons (Fsp3) is 0.597. The Morgan fingerprint density at radius 1 is 0.798 bits per heavy atom. The molecule has 27 nitrogen and oxygen atoms in total. The Labute approximate surface area is 551 Å². The second-order valence-electron chi connectivity index (χ2n) is 25.3. The van der Waals surface area contributed by atoms with Crippen LogP contribution in [0.4, 0.5) is 15.3 Å². The zero-order valence-corrected chi connectivity index (χ0v) is 56.4. The quantitative estimate of drug-likeness (QED) is 0.0254. The lowest BCUT2D eigenvalue weighted by Gasteiger charge is -2.40. The van der Waals surface area contributed by atoms with Crippen LogP contribution in [-0.2, 0) is 75.2 Å². The van der Waals surface area contributed by atoms with Gasteiger partial charge in [0, 0.05) is 77.8 Å². The topological polar surface area (TPSA) is 373 Å². The maximum atomic E-state index is 14.6. The number of nitrogens with zero attached hydrogens (tertiary/aromatic N) is 4. The highest BCUT2D eigenvalue weighted by atomic mass is 16.5. The van der Waals surface area contributed by atoms with E-state index in [2.05, 4.69) is 36.9 Å². The molecular formula is C67H99N11O16. The summed E-state index contributed by atoms with van der Waals surface area (Å²) in [5.41, 5.74) is 5.18. The molecule has 0 bridgehead atoms. The molecule has 4 rings (SSSR count). The zero-order valence-electron chi connectivity index (χ0n) is 56.4. The van der Waals surface area contributed by atoms with E-state index < -0.39 is 107 Å². The van der Waals surface area contributed by atoms with Gasteiger partial charge in [-0.1, -0.05) is 104 Å². The molecule has 518 valence electrons. The molecule has 94 heavy (non-hydrogen) atoms. The summed E-state index contributed by atoms with van der Waals surface area (Å²) in [4.78, 5) is 166. The number of aliphatic imine (C=N–C) groups is 1. The minimum Gasteiger partial charge on any atom is -0.480 e. The molecular weight excluding hydrogens is 1210 g/mol. The number of alkyl carbamates (subject to hydrolysis) is 1. The second-order valence-corrected chi connectivity index (χ2v) is 25.3. The number of likely N-dealkylation sites (N-methyl/N-ethyl adjacent to an activating group) is 1. The SMILES string of the molecule is CC[C@H](C)[C@@H]([C@@H](CC(=O)N1CCC[C@H]1[C@H](OC)[C@@H](C)C(=O)NC(Cc1ccccc1)C(=O)O)OC)N(C)C(=O)C(C=NC(=O)C(C)(C)NC(=O)OCc1ccc(NC(=O)[C@H](CCCNC(N)=O)NC(=O)[C@@H](NC(=O)CCCCCN2C(=O)C=CC2=O)C(C)C)cc1)C(C)C. The molecule has 0 aromatic heterocycles. The lowest BCUT2D eigenvalue weighted by Crippen LogP contribution is -2.55. The Bertz CT molecular complexity index is 2980. The molecule has 0 saturated carbocycles. The summed E-state index contributed by atoms with van der Waals surface area (Å²) in [6.07, 6.45) is 4.79. The normalized spacial score (nSPS) is 16.9. The molecule has 2 aromatic carbocycles. The Morgan fingerprint density at radius 3 is 2.03 bits per heavy atom. The van der Waals surface area contributed by atoms with Crippen LogP contribution in [0.2, 0.25) is 0 Å². The van der Waals surface area contributed by atoms with Crippen molar-refractivity contribution in [3.05, 3.63) is 77.9 Å². The van der Waals surface area contributed by atoms with Crippen LogP contribution in [0.1, 0.15) is 138 Å². The number of carboxylic acid groups (broad SMARTS) is 1. The first-order valence-corrected chi connectivity index (χ1v) is 32.2. The molecule has 0 spiro atoms. The van der Waals surface area contributed by atoms with Crippen LogP contribution in [0.3, 0.4) is 0 Å². The van der Waals surface area contributed by atoms with Crippen molar-refractivity contribution in [2.24, 2.45) is 40.3 Å². The molecule has 2 aliphatic rings. The summed E-state index contributed by atoms with van der Waals surface area (Å²) in [6.45, 7) is 16.0. The van der Waals surface area contributed by atoms with Crippen LogP contribution in [-0.4, -0.2) is 186 Å². The van der Waals surface area contributed by atoms with Crippen LogP contribution in [0.15, 0.2) is 71.7 Å². The van der Waals surface area contributed by atoms with Gasteiger partial charge in [0.05, 0.1) is 42.5 Å². The van der Waals surface area contributed by atoms with Gasteiger partial charge < -0.3 is 66.8 Å². The van der Waals surface area contributed by atoms with Crippen molar-refractivity contribution in [1.29, 1.82) is 0 Å². The van der Waals surface area contributed by atoms with Gasteiger partial charge in [0.15, 0.2) is 0 Å². The number of carbonyl (C=O) groups excluding carboxylic acids is 11. The van der Waals surface area contributed by atoms with Crippen molar-refractivity contribution in [2.75, 3.05) is 46.2 Å². The molecule has 1 saturated heterocycles. The van der Waals surface area contributed by atoms with Crippen molar-refractivity contribution in [2.45, 2.75) is 188 Å². The Balaban J connectivity index is 1.34. The van der Waals surface area contributed by atoms with E-state index in [1.807, 2.05) is 19.9 Å². The van der Waals surface area contributed by atoms with Gasteiger partial charge in [-0.2, -0.15) is 0 Å². The highest BCUT2D eigenvalue weighted by Crippen LogP contribution is 2.30. The minimum absolute atomic E-state index is 0.0774. The largest absolute Gasteiger partial charge is 0.480 e. The fourth-order valence-corrected chi connectivity index (χ4v) is 11.3. The van der Waals surface area contributed by atoms with E-state index in [1.54, 1.807) is 95.1 Å². The number of unbranched alkanes of at least 4 members (excludes halogenated alkanes) is 2. The smallest absolute Gasteiger partial charge is 0.408 e. The average molecular weight is 1310 g/mol. The van der Waals surface area contributed by atoms with Crippen LogP contribution in [0.5, 0.6) is 0 Å². The summed E-state index contributed by atoms with van der Waals surface area (Å²) in [7, 11) is 4.55. The predicted molar refractivity (Wildman–Crippen MR) is 350 cm³/mol. The number of carbonyl (C=O) groups is 12. The standard InChI is InChI=1S/C67H99N11O16/c1-13-42(6)57(51(92-11)37-55(82)77-35-21-25-50(77)58(93-12)43(7)59(83)73-49(63(87)88)36-44-22-16-14-17-23-44)76(10)62(86)47(40(2)3)38-70-64(89)67(8,9)75-66(91)94-39-45-27-29-46(30-28-45)71-60(84)48(24-20-33-69-65(68)90)72-61(85)56(41(4)5)74-52(79)26-18-15-19-34-78-53(80)31-32-54(78)81/h14,16-17,22-23,27-32,38,40-43,47-51,56-58H,13,15,18-21,24-26,33-37,39H2,1-12H3,(H,71,84)(H,72,85)(H,73,83)(H,74,79)(H,75,91)(H,87,88)(H3,68,69,90)/t42-,43+,47?,48-,49?,50-,51+,56-,57-,58+/m0/s1. The summed E-state index contributed by atoms with van der Waals surface area (Å²) in [5.74, 6) is -8.20. The zero-order chi connectivity index (χ0) is 70.0. The van der Waals surface area contributed by atoms with Gasteiger partial charge in [0.1, 0.15) is 30.3 Å². The number of rotatable bonds is 38. The summed E-state index contributed by atoms with van der Waals surface area (Å²) < 4.78 is 17.4. The number of benzene rings is 2. The van der Waals surface area contributed by atoms with Crippen molar-refractivity contribution in [3.8, 4) is 0 Å². The summed E-state index contributed by atoms with van der Waals surface area (Å²) in [6, 6.07) is 10.0. The molecule has 0 radical (unpaired) electrons. The second kappa shape index (κ2) is 37.9. The number of nitrogens with one attached hydrogen (secondary N) is 6.